The Labute approximate surface area is 182 Å². The lowest BCUT2D eigenvalue weighted by molar-refractivity contribution is 0.0415. The second-order valence-electron chi connectivity index (χ2n) is 7.37. The summed E-state index contributed by atoms with van der Waals surface area (Å²) in [6, 6.07) is 8.89. The third-order valence-electron chi connectivity index (χ3n) is 4.48. The van der Waals surface area contributed by atoms with Gasteiger partial charge < -0.3 is 25.3 Å². The standard InChI is InChI=1S/C20H23N7O5/c1-20(2,30)15(10-7-5-4-6-8-10)25-18(28)24-12-9-11(21)13(16(22)31-3)14(23-12)17-26-27-19(29)32-17/h4-9,15,22,30H,1-3H3,(H,27,29)(H4,21,23,24,25,28)/t15-/m0/s1. The number of nitrogens with zero attached hydrogens (tertiary/aromatic N) is 2. The number of carbonyl (C=O) groups excluding carboxylic acids is 1. The molecule has 0 unspecified atom stereocenters. The molecule has 3 aromatic rings. The molecule has 0 aliphatic rings. The zero-order chi connectivity index (χ0) is 23.5. The molecule has 0 aliphatic heterocycles. The predicted molar refractivity (Wildman–Crippen MR) is 116 cm³/mol. The number of hydrogen-bond donors (Lipinski definition) is 6. The van der Waals surface area contributed by atoms with Gasteiger partial charge in [0.1, 0.15) is 11.5 Å². The molecule has 2 amide bonds. The number of anilines is 2. The second-order valence-corrected chi connectivity index (χ2v) is 7.37. The van der Waals surface area contributed by atoms with Crippen molar-refractivity contribution in [1.29, 1.82) is 5.41 Å². The first-order valence-electron chi connectivity index (χ1n) is 9.44. The van der Waals surface area contributed by atoms with Crippen LogP contribution in [0.5, 0.6) is 0 Å². The number of nitrogen functional groups attached to an aromatic ring is 1. The summed E-state index contributed by atoms with van der Waals surface area (Å²) in [5, 5.41) is 29.6. The maximum atomic E-state index is 12.7. The fourth-order valence-electron chi connectivity index (χ4n) is 3.05. The molecule has 0 aliphatic carbocycles. The van der Waals surface area contributed by atoms with Gasteiger partial charge in [0.15, 0.2) is 0 Å². The lowest BCUT2D eigenvalue weighted by Crippen LogP contribution is -2.44. The molecular weight excluding hydrogens is 418 g/mol. The van der Waals surface area contributed by atoms with Gasteiger partial charge in [-0.05, 0) is 19.4 Å². The maximum absolute atomic E-state index is 12.7. The summed E-state index contributed by atoms with van der Waals surface area (Å²) in [7, 11) is 1.27. The Kier molecular flexibility index (Phi) is 6.25. The number of pyridine rings is 1. The summed E-state index contributed by atoms with van der Waals surface area (Å²) in [6.45, 7) is 3.15. The van der Waals surface area contributed by atoms with Gasteiger partial charge in [-0.15, -0.1) is 5.10 Å². The molecule has 2 heterocycles. The minimum atomic E-state index is -1.27. The minimum absolute atomic E-state index is 0.00383. The Morgan fingerprint density at radius 1 is 1.34 bits per heavy atom. The van der Waals surface area contributed by atoms with Crippen molar-refractivity contribution in [2.75, 3.05) is 18.2 Å². The molecule has 3 rings (SSSR count). The van der Waals surface area contributed by atoms with Gasteiger partial charge in [-0.25, -0.2) is 19.7 Å². The molecule has 2 aromatic heterocycles. The lowest BCUT2D eigenvalue weighted by Gasteiger charge is -2.30. The fourth-order valence-corrected chi connectivity index (χ4v) is 3.05. The largest absolute Gasteiger partial charge is 0.481 e. The molecule has 0 saturated heterocycles. The summed E-state index contributed by atoms with van der Waals surface area (Å²) in [5.74, 6) is -1.41. The highest BCUT2D eigenvalue weighted by Gasteiger charge is 2.30. The summed E-state index contributed by atoms with van der Waals surface area (Å²) in [6.07, 6.45) is 0. The van der Waals surface area contributed by atoms with Crippen molar-refractivity contribution in [2.24, 2.45) is 0 Å². The van der Waals surface area contributed by atoms with Crippen LogP contribution < -0.4 is 22.1 Å². The SMILES string of the molecule is COC(=N)c1c(N)cc(NC(=O)N[C@@H](c2ccccc2)C(C)(C)O)nc1-c1n[nH]c(=O)o1. The summed E-state index contributed by atoms with van der Waals surface area (Å²) >= 11 is 0. The Balaban J connectivity index is 1.93. The molecule has 7 N–H and O–H groups in total. The average molecular weight is 441 g/mol. The Bertz CT molecular complexity index is 1180. The van der Waals surface area contributed by atoms with Crippen molar-refractivity contribution in [3.8, 4) is 11.6 Å². The number of ether oxygens (including phenoxy) is 1. The van der Waals surface area contributed by atoms with Crippen molar-refractivity contribution >= 4 is 23.4 Å². The summed E-state index contributed by atoms with van der Waals surface area (Å²) in [5.41, 5.74) is 5.47. The average Bonchev–Trinajstić information content (AvgIpc) is 3.17. The highest BCUT2D eigenvalue weighted by Crippen LogP contribution is 2.28. The highest BCUT2D eigenvalue weighted by atomic mass is 16.5. The fraction of sp³-hybridized carbons (Fsp3) is 0.250. The number of nitrogens with two attached hydrogens (primary N) is 1. The number of carbonyl (C=O) groups is 1. The van der Waals surface area contributed by atoms with Gasteiger partial charge in [0, 0.05) is 6.07 Å². The Morgan fingerprint density at radius 3 is 2.59 bits per heavy atom. The molecule has 0 saturated carbocycles. The van der Waals surface area contributed by atoms with Crippen molar-refractivity contribution in [3.05, 3.63) is 58.1 Å². The molecule has 0 fully saturated rings. The number of nitrogens with one attached hydrogen (secondary N) is 4. The molecule has 1 atom stereocenters. The zero-order valence-corrected chi connectivity index (χ0v) is 17.6. The van der Waals surface area contributed by atoms with Gasteiger partial charge in [-0.3, -0.25) is 10.7 Å². The van der Waals surface area contributed by atoms with E-state index in [1.165, 1.54) is 13.2 Å². The van der Waals surface area contributed by atoms with Crippen molar-refractivity contribution in [2.45, 2.75) is 25.5 Å². The van der Waals surface area contributed by atoms with E-state index < -0.39 is 23.4 Å². The van der Waals surface area contributed by atoms with E-state index in [2.05, 4.69) is 25.8 Å². The van der Waals surface area contributed by atoms with Crippen LogP contribution in [0, 0.1) is 5.41 Å². The number of amides is 2. The van der Waals surface area contributed by atoms with E-state index in [1.54, 1.807) is 38.1 Å². The minimum Gasteiger partial charge on any atom is -0.481 e. The third-order valence-corrected chi connectivity index (χ3v) is 4.48. The molecule has 0 spiro atoms. The van der Waals surface area contributed by atoms with Crippen LogP contribution in [0.15, 0.2) is 45.6 Å². The zero-order valence-electron chi connectivity index (χ0n) is 17.6. The van der Waals surface area contributed by atoms with E-state index in [1.807, 2.05) is 6.07 Å². The van der Waals surface area contributed by atoms with Crippen LogP contribution in [0.1, 0.15) is 31.0 Å². The highest BCUT2D eigenvalue weighted by molar-refractivity contribution is 6.03. The van der Waals surface area contributed by atoms with Crippen LogP contribution in [-0.4, -0.2) is 44.9 Å². The first kappa shape index (κ1) is 22.5. The number of H-pyrrole nitrogens is 1. The number of rotatable bonds is 6. The van der Waals surface area contributed by atoms with E-state index in [9.17, 15) is 14.7 Å². The van der Waals surface area contributed by atoms with Crippen molar-refractivity contribution in [3.63, 3.8) is 0 Å². The molecule has 0 radical (unpaired) electrons. The maximum Gasteiger partial charge on any atom is 0.434 e. The molecular formula is C20H23N7O5. The quantitative estimate of drug-likeness (QED) is 0.245. The van der Waals surface area contributed by atoms with E-state index in [0.717, 1.165) is 0 Å². The van der Waals surface area contributed by atoms with Gasteiger partial charge in [-0.1, -0.05) is 30.3 Å². The van der Waals surface area contributed by atoms with Gasteiger partial charge >= 0.3 is 11.8 Å². The Hall–Kier alpha value is -4.19. The van der Waals surface area contributed by atoms with E-state index in [0.29, 0.717) is 5.56 Å². The molecule has 168 valence electrons. The molecule has 0 bridgehead atoms. The number of aliphatic hydroxyl groups is 1. The van der Waals surface area contributed by atoms with Crippen LogP contribution in [0.2, 0.25) is 0 Å². The van der Waals surface area contributed by atoms with E-state index in [4.69, 9.17) is 20.3 Å². The van der Waals surface area contributed by atoms with Crippen LogP contribution in [0.3, 0.4) is 0 Å². The summed E-state index contributed by atoms with van der Waals surface area (Å²) in [4.78, 5) is 28.3. The number of aromatic amines is 1. The van der Waals surface area contributed by atoms with Crippen LogP contribution >= 0.6 is 0 Å². The number of benzene rings is 1. The first-order chi connectivity index (χ1) is 15.1. The number of aromatic nitrogens is 3. The van der Waals surface area contributed by atoms with Gasteiger partial charge in [-0.2, -0.15) is 0 Å². The normalized spacial score (nSPS) is 12.1. The van der Waals surface area contributed by atoms with Gasteiger partial charge in [0.25, 0.3) is 5.89 Å². The molecule has 12 nitrogen and oxygen atoms in total. The van der Waals surface area contributed by atoms with Crippen molar-refractivity contribution < 1.29 is 19.1 Å². The molecule has 1 aromatic carbocycles. The monoisotopic (exact) mass is 441 g/mol. The van der Waals surface area contributed by atoms with Crippen LogP contribution in [-0.2, 0) is 4.74 Å². The number of methoxy groups -OCH3 is 1. The first-order valence-corrected chi connectivity index (χ1v) is 9.44. The van der Waals surface area contributed by atoms with E-state index >= 15 is 0 Å². The smallest absolute Gasteiger partial charge is 0.434 e. The van der Waals surface area contributed by atoms with Gasteiger partial charge in [0.2, 0.25) is 5.90 Å². The topological polar surface area (TPSA) is 192 Å². The predicted octanol–water partition coefficient (Wildman–Crippen LogP) is 1.61. The molecule has 32 heavy (non-hydrogen) atoms. The van der Waals surface area contributed by atoms with Gasteiger partial charge in [0.05, 0.1) is 30.0 Å². The summed E-state index contributed by atoms with van der Waals surface area (Å²) < 4.78 is 9.86. The second kappa shape index (κ2) is 8.89. The third kappa shape index (κ3) is 4.92. The van der Waals surface area contributed by atoms with E-state index in [-0.39, 0.29) is 34.6 Å². The van der Waals surface area contributed by atoms with Crippen LogP contribution in [0.25, 0.3) is 11.6 Å². The number of urea groups is 1. The lowest BCUT2D eigenvalue weighted by atomic mass is 9.92. The molecule has 12 heteroatoms. The van der Waals surface area contributed by atoms with Crippen LogP contribution in [0.4, 0.5) is 16.3 Å². The Morgan fingerprint density at radius 2 is 2.03 bits per heavy atom. The van der Waals surface area contributed by atoms with Crippen molar-refractivity contribution in [1.82, 2.24) is 20.5 Å². The number of hydrogen-bond acceptors (Lipinski definition) is 9.